The summed E-state index contributed by atoms with van der Waals surface area (Å²) in [6.07, 6.45) is -4.79. The average molecular weight is 431 g/mol. The maximum absolute atomic E-state index is 12.3. The quantitative estimate of drug-likeness (QED) is 0.629. The van der Waals surface area contributed by atoms with Crippen molar-refractivity contribution in [1.29, 1.82) is 0 Å². The molecule has 3 aromatic rings. The zero-order valence-electron chi connectivity index (χ0n) is 14.1. The SMILES string of the molecule is Cc1nc(C(=O)Nc2ccc(OC(F)(F)F)cc2)nn1-c1cc(Cl)cc(Cl)c1. The Balaban J connectivity index is 1.76. The molecule has 0 atom stereocenters. The second-order valence-corrected chi connectivity index (χ2v) is 6.42. The molecule has 1 amide bonds. The van der Waals surface area contributed by atoms with Crippen molar-refractivity contribution in [3.05, 3.63) is 64.2 Å². The van der Waals surface area contributed by atoms with E-state index in [4.69, 9.17) is 23.2 Å². The first-order chi connectivity index (χ1) is 13.1. The molecule has 0 saturated carbocycles. The van der Waals surface area contributed by atoms with Gasteiger partial charge in [-0.3, -0.25) is 4.79 Å². The van der Waals surface area contributed by atoms with Crippen LogP contribution < -0.4 is 10.1 Å². The molecular formula is C17H11Cl2F3N4O2. The third kappa shape index (κ3) is 4.93. The number of carbonyl (C=O) groups is 1. The van der Waals surface area contributed by atoms with Gasteiger partial charge in [-0.15, -0.1) is 18.3 Å². The summed E-state index contributed by atoms with van der Waals surface area (Å²) in [4.78, 5) is 16.4. The number of nitrogens with one attached hydrogen (secondary N) is 1. The normalized spacial score (nSPS) is 11.4. The molecule has 1 N–H and O–H groups in total. The summed E-state index contributed by atoms with van der Waals surface area (Å²) in [7, 11) is 0. The molecule has 0 unspecified atom stereocenters. The van der Waals surface area contributed by atoms with Gasteiger partial charge in [0.2, 0.25) is 5.82 Å². The molecule has 0 spiro atoms. The zero-order chi connectivity index (χ0) is 20.5. The van der Waals surface area contributed by atoms with Gasteiger partial charge in [-0.1, -0.05) is 23.2 Å². The Morgan fingerprint density at radius 2 is 1.71 bits per heavy atom. The minimum absolute atomic E-state index is 0.135. The van der Waals surface area contributed by atoms with Crippen LogP contribution in [0, 0.1) is 6.92 Å². The van der Waals surface area contributed by atoms with Crippen LogP contribution in [0.5, 0.6) is 5.75 Å². The minimum atomic E-state index is -4.79. The van der Waals surface area contributed by atoms with E-state index in [-0.39, 0.29) is 11.5 Å². The molecule has 0 fully saturated rings. The number of alkyl halides is 3. The molecule has 2 aromatic carbocycles. The zero-order valence-corrected chi connectivity index (χ0v) is 15.6. The largest absolute Gasteiger partial charge is 0.573 e. The van der Waals surface area contributed by atoms with Gasteiger partial charge in [-0.2, -0.15) is 0 Å². The van der Waals surface area contributed by atoms with Crippen LogP contribution in [0.15, 0.2) is 42.5 Å². The number of ether oxygens (including phenoxy) is 1. The van der Waals surface area contributed by atoms with Gasteiger partial charge in [0.15, 0.2) is 0 Å². The van der Waals surface area contributed by atoms with Gasteiger partial charge in [0.25, 0.3) is 5.91 Å². The summed E-state index contributed by atoms with van der Waals surface area (Å²) in [6.45, 7) is 1.64. The minimum Gasteiger partial charge on any atom is -0.406 e. The standard InChI is InChI=1S/C17H11Cl2F3N4O2/c1-9-23-15(25-26(9)13-7-10(18)6-11(19)8-13)16(27)24-12-2-4-14(5-3-12)28-17(20,21)22/h2-8H,1H3,(H,24,27). The molecule has 0 aliphatic heterocycles. The number of nitrogens with zero attached hydrogens (tertiary/aromatic N) is 3. The fourth-order valence-corrected chi connectivity index (χ4v) is 2.83. The molecule has 0 radical (unpaired) electrons. The van der Waals surface area contributed by atoms with Gasteiger partial charge in [0.1, 0.15) is 11.6 Å². The third-order valence-electron chi connectivity index (χ3n) is 3.41. The Morgan fingerprint density at radius 3 is 2.29 bits per heavy atom. The number of aromatic nitrogens is 3. The van der Waals surface area contributed by atoms with E-state index < -0.39 is 18.0 Å². The fourth-order valence-electron chi connectivity index (χ4n) is 2.32. The van der Waals surface area contributed by atoms with Crippen molar-refractivity contribution in [3.8, 4) is 11.4 Å². The van der Waals surface area contributed by atoms with Crippen molar-refractivity contribution in [2.24, 2.45) is 0 Å². The average Bonchev–Trinajstić information content (AvgIpc) is 2.96. The molecule has 0 saturated heterocycles. The van der Waals surface area contributed by atoms with E-state index in [0.29, 0.717) is 21.6 Å². The van der Waals surface area contributed by atoms with Crippen LogP contribution in [-0.2, 0) is 0 Å². The van der Waals surface area contributed by atoms with Crippen LogP contribution >= 0.6 is 23.2 Å². The van der Waals surface area contributed by atoms with Crippen LogP contribution in [0.4, 0.5) is 18.9 Å². The number of benzene rings is 2. The predicted octanol–water partition coefficient (Wildman–Crippen LogP) is 5.03. The maximum Gasteiger partial charge on any atom is 0.573 e. The van der Waals surface area contributed by atoms with E-state index in [1.54, 1.807) is 25.1 Å². The van der Waals surface area contributed by atoms with Gasteiger partial charge in [-0.05, 0) is 49.4 Å². The molecule has 3 rings (SSSR count). The summed E-state index contributed by atoms with van der Waals surface area (Å²) in [5.41, 5.74) is 0.773. The Hall–Kier alpha value is -2.78. The van der Waals surface area contributed by atoms with Crippen molar-refractivity contribution in [2.75, 3.05) is 5.32 Å². The highest BCUT2D eigenvalue weighted by Crippen LogP contribution is 2.24. The lowest BCUT2D eigenvalue weighted by atomic mass is 10.3. The number of aryl methyl sites for hydroxylation is 1. The topological polar surface area (TPSA) is 69.0 Å². The molecular weight excluding hydrogens is 420 g/mol. The highest BCUT2D eigenvalue weighted by molar-refractivity contribution is 6.34. The first kappa shape index (κ1) is 20.0. The van der Waals surface area contributed by atoms with E-state index in [9.17, 15) is 18.0 Å². The van der Waals surface area contributed by atoms with Crippen LogP contribution in [0.3, 0.4) is 0 Å². The van der Waals surface area contributed by atoms with E-state index >= 15 is 0 Å². The van der Waals surface area contributed by atoms with E-state index in [1.165, 1.54) is 16.8 Å². The number of halogens is 5. The molecule has 0 bridgehead atoms. The molecule has 1 aromatic heterocycles. The van der Waals surface area contributed by atoms with Crippen molar-refractivity contribution in [2.45, 2.75) is 13.3 Å². The molecule has 6 nitrogen and oxygen atoms in total. The third-order valence-corrected chi connectivity index (χ3v) is 3.85. The van der Waals surface area contributed by atoms with Crippen molar-refractivity contribution in [3.63, 3.8) is 0 Å². The van der Waals surface area contributed by atoms with Crippen molar-refractivity contribution < 1.29 is 22.7 Å². The van der Waals surface area contributed by atoms with Crippen molar-refractivity contribution in [1.82, 2.24) is 14.8 Å². The van der Waals surface area contributed by atoms with Crippen LogP contribution in [0.25, 0.3) is 5.69 Å². The van der Waals surface area contributed by atoms with Gasteiger partial charge in [0.05, 0.1) is 5.69 Å². The highest BCUT2D eigenvalue weighted by atomic mass is 35.5. The fraction of sp³-hybridized carbons (Fsp3) is 0.118. The van der Waals surface area contributed by atoms with E-state index in [2.05, 4.69) is 20.1 Å². The number of amides is 1. The second-order valence-electron chi connectivity index (χ2n) is 5.55. The summed E-state index contributed by atoms with van der Waals surface area (Å²) in [5, 5.41) is 7.41. The lowest BCUT2D eigenvalue weighted by Crippen LogP contribution is -2.17. The molecule has 0 aliphatic rings. The smallest absolute Gasteiger partial charge is 0.406 e. The lowest BCUT2D eigenvalue weighted by Gasteiger charge is -2.09. The van der Waals surface area contributed by atoms with Crippen LogP contribution in [0.1, 0.15) is 16.4 Å². The molecule has 11 heteroatoms. The van der Waals surface area contributed by atoms with Crippen LogP contribution in [-0.4, -0.2) is 27.0 Å². The summed E-state index contributed by atoms with van der Waals surface area (Å²) in [6, 6.07) is 9.45. The van der Waals surface area contributed by atoms with Gasteiger partial charge >= 0.3 is 6.36 Å². The summed E-state index contributed by atoms with van der Waals surface area (Å²) < 4.78 is 41.7. The molecule has 0 aliphatic carbocycles. The first-order valence-corrected chi connectivity index (χ1v) is 8.43. The maximum atomic E-state index is 12.3. The van der Waals surface area contributed by atoms with E-state index in [0.717, 1.165) is 12.1 Å². The first-order valence-electron chi connectivity index (χ1n) is 7.68. The molecule has 146 valence electrons. The number of rotatable bonds is 4. The second kappa shape index (κ2) is 7.69. The number of hydrogen-bond acceptors (Lipinski definition) is 4. The molecule has 1 heterocycles. The Bertz CT molecular complexity index is 1000. The number of carbonyl (C=O) groups excluding carboxylic acids is 1. The Kier molecular flexibility index (Phi) is 5.48. The van der Waals surface area contributed by atoms with Gasteiger partial charge in [-0.25, -0.2) is 9.67 Å². The summed E-state index contributed by atoms with van der Waals surface area (Å²) >= 11 is 12.0. The lowest BCUT2D eigenvalue weighted by molar-refractivity contribution is -0.274. The Labute approximate surface area is 166 Å². The number of anilines is 1. The van der Waals surface area contributed by atoms with E-state index in [1.807, 2.05) is 0 Å². The van der Waals surface area contributed by atoms with Crippen molar-refractivity contribution >= 4 is 34.8 Å². The Morgan fingerprint density at radius 1 is 1.11 bits per heavy atom. The monoisotopic (exact) mass is 430 g/mol. The summed E-state index contributed by atoms with van der Waals surface area (Å²) in [5.74, 6) is -0.761. The van der Waals surface area contributed by atoms with Gasteiger partial charge < -0.3 is 10.1 Å². The van der Waals surface area contributed by atoms with Crippen LogP contribution in [0.2, 0.25) is 10.0 Å². The number of hydrogen-bond donors (Lipinski definition) is 1. The predicted molar refractivity (Wildman–Crippen MR) is 97.2 cm³/mol. The highest BCUT2D eigenvalue weighted by Gasteiger charge is 2.31. The van der Waals surface area contributed by atoms with Gasteiger partial charge in [0, 0.05) is 15.7 Å². The molecule has 28 heavy (non-hydrogen) atoms.